The normalized spacial score (nSPS) is 10.8. The molecule has 6 heteroatoms. The molecule has 0 spiro atoms. The predicted molar refractivity (Wildman–Crippen MR) is 78.9 cm³/mol. The second kappa shape index (κ2) is 4.81. The van der Waals surface area contributed by atoms with Gasteiger partial charge in [0.2, 0.25) is 0 Å². The molecule has 0 radical (unpaired) electrons. The van der Waals surface area contributed by atoms with Gasteiger partial charge in [0, 0.05) is 23.0 Å². The summed E-state index contributed by atoms with van der Waals surface area (Å²) in [5.74, 6) is 1.11. The Morgan fingerprint density at radius 1 is 1.26 bits per heavy atom. The number of nitrogens with zero attached hydrogens (tertiary/aromatic N) is 3. The molecule has 3 rings (SSSR count). The zero-order valence-electron chi connectivity index (χ0n) is 10.4. The molecular weight excluding hydrogens is 258 g/mol. The van der Waals surface area contributed by atoms with E-state index in [1.165, 1.54) is 4.90 Å². The first-order valence-corrected chi connectivity index (χ1v) is 6.99. The SMILES string of the molecule is CSc1ccc(Nc2nc(N)cn3ccnc23)cc1. The van der Waals surface area contributed by atoms with Crippen molar-refractivity contribution >= 4 is 34.7 Å². The molecule has 0 aliphatic carbocycles. The van der Waals surface area contributed by atoms with Crippen LogP contribution in [-0.4, -0.2) is 20.6 Å². The highest BCUT2D eigenvalue weighted by Gasteiger charge is 2.06. The Morgan fingerprint density at radius 2 is 2.05 bits per heavy atom. The van der Waals surface area contributed by atoms with Crippen molar-refractivity contribution < 1.29 is 0 Å². The second-order valence-corrected chi connectivity index (χ2v) is 4.91. The van der Waals surface area contributed by atoms with Crippen LogP contribution < -0.4 is 11.1 Å². The Kier molecular flexibility index (Phi) is 3.00. The molecular formula is C13H13N5S. The third kappa shape index (κ3) is 2.34. The molecule has 19 heavy (non-hydrogen) atoms. The topological polar surface area (TPSA) is 68.2 Å². The molecule has 0 saturated heterocycles. The van der Waals surface area contributed by atoms with E-state index in [9.17, 15) is 0 Å². The molecule has 2 heterocycles. The van der Waals surface area contributed by atoms with Crippen molar-refractivity contribution in [3.8, 4) is 0 Å². The van der Waals surface area contributed by atoms with Crippen LogP contribution in [0.15, 0.2) is 47.8 Å². The van der Waals surface area contributed by atoms with E-state index in [1.807, 2.05) is 22.7 Å². The summed E-state index contributed by atoms with van der Waals surface area (Å²) in [4.78, 5) is 9.78. The number of imidazole rings is 1. The third-order valence-corrected chi connectivity index (χ3v) is 3.49. The molecule has 0 saturated carbocycles. The summed E-state index contributed by atoms with van der Waals surface area (Å²) in [6.45, 7) is 0. The Morgan fingerprint density at radius 3 is 2.79 bits per heavy atom. The van der Waals surface area contributed by atoms with E-state index in [2.05, 4.69) is 33.7 Å². The van der Waals surface area contributed by atoms with E-state index in [0.717, 1.165) is 11.3 Å². The zero-order chi connectivity index (χ0) is 13.2. The highest BCUT2D eigenvalue weighted by atomic mass is 32.2. The van der Waals surface area contributed by atoms with Gasteiger partial charge in [-0.15, -0.1) is 11.8 Å². The van der Waals surface area contributed by atoms with Crippen LogP contribution in [0.25, 0.3) is 5.65 Å². The Bertz CT molecular complexity index is 705. The average molecular weight is 271 g/mol. The Balaban J connectivity index is 1.97. The van der Waals surface area contributed by atoms with Crippen molar-refractivity contribution in [1.82, 2.24) is 14.4 Å². The van der Waals surface area contributed by atoms with Crippen molar-refractivity contribution in [3.05, 3.63) is 42.9 Å². The lowest BCUT2D eigenvalue weighted by Crippen LogP contribution is -2.01. The second-order valence-electron chi connectivity index (χ2n) is 4.03. The monoisotopic (exact) mass is 271 g/mol. The fourth-order valence-corrected chi connectivity index (χ4v) is 2.25. The fraction of sp³-hybridized carbons (Fsp3) is 0.0769. The van der Waals surface area contributed by atoms with Gasteiger partial charge in [-0.3, -0.25) is 0 Å². The van der Waals surface area contributed by atoms with E-state index in [0.29, 0.717) is 11.6 Å². The average Bonchev–Trinajstić information content (AvgIpc) is 2.88. The molecule has 3 N–H and O–H groups in total. The number of rotatable bonds is 3. The third-order valence-electron chi connectivity index (χ3n) is 2.75. The Labute approximate surface area is 114 Å². The first kappa shape index (κ1) is 11.9. The van der Waals surface area contributed by atoms with Crippen LogP contribution in [0.3, 0.4) is 0 Å². The molecule has 0 atom stereocenters. The lowest BCUT2D eigenvalue weighted by atomic mass is 10.3. The quantitative estimate of drug-likeness (QED) is 0.717. The number of hydrogen-bond donors (Lipinski definition) is 2. The van der Waals surface area contributed by atoms with Crippen LogP contribution >= 0.6 is 11.8 Å². The summed E-state index contributed by atoms with van der Waals surface area (Å²) >= 11 is 1.71. The maximum absolute atomic E-state index is 5.78. The molecule has 1 aromatic carbocycles. The summed E-state index contributed by atoms with van der Waals surface area (Å²) in [6, 6.07) is 8.14. The van der Waals surface area contributed by atoms with Gasteiger partial charge >= 0.3 is 0 Å². The predicted octanol–water partition coefficient (Wildman–Crippen LogP) is 2.78. The minimum absolute atomic E-state index is 0.453. The van der Waals surface area contributed by atoms with Gasteiger partial charge in [-0.2, -0.15) is 0 Å². The molecule has 0 unspecified atom stereocenters. The lowest BCUT2D eigenvalue weighted by Gasteiger charge is -2.08. The van der Waals surface area contributed by atoms with Gasteiger partial charge in [-0.25, -0.2) is 9.97 Å². The number of benzene rings is 1. The molecule has 96 valence electrons. The van der Waals surface area contributed by atoms with Crippen LogP contribution in [0.2, 0.25) is 0 Å². The van der Waals surface area contributed by atoms with E-state index in [-0.39, 0.29) is 0 Å². The van der Waals surface area contributed by atoms with Gasteiger partial charge in [-0.05, 0) is 30.5 Å². The van der Waals surface area contributed by atoms with Gasteiger partial charge in [0.1, 0.15) is 5.82 Å². The standard InChI is InChI=1S/C13H13N5S/c1-19-10-4-2-9(3-5-10)16-12-13-15-6-7-18(13)8-11(14)17-12/h2-8H,14H2,1H3,(H,16,17). The number of nitrogen functional groups attached to an aromatic ring is 1. The number of aromatic nitrogens is 3. The van der Waals surface area contributed by atoms with Crippen LogP contribution in [0.5, 0.6) is 0 Å². The largest absolute Gasteiger partial charge is 0.382 e. The first-order valence-electron chi connectivity index (χ1n) is 5.76. The summed E-state index contributed by atoms with van der Waals surface area (Å²) < 4.78 is 1.85. The molecule has 0 fully saturated rings. The smallest absolute Gasteiger partial charge is 0.180 e. The maximum atomic E-state index is 5.78. The van der Waals surface area contributed by atoms with Crippen molar-refractivity contribution in [1.29, 1.82) is 0 Å². The fourth-order valence-electron chi connectivity index (χ4n) is 1.85. The summed E-state index contributed by atoms with van der Waals surface area (Å²) in [5, 5.41) is 3.24. The van der Waals surface area contributed by atoms with Gasteiger partial charge in [0.25, 0.3) is 0 Å². The summed E-state index contributed by atoms with van der Waals surface area (Å²) in [7, 11) is 0. The lowest BCUT2D eigenvalue weighted by molar-refractivity contribution is 1.14. The first-order chi connectivity index (χ1) is 9.26. The molecule has 3 aromatic rings. The van der Waals surface area contributed by atoms with Crippen LogP contribution in [0.4, 0.5) is 17.3 Å². The molecule has 0 bridgehead atoms. The molecule has 2 aromatic heterocycles. The molecule has 0 aliphatic heterocycles. The van der Waals surface area contributed by atoms with Gasteiger partial charge in [0.05, 0.1) is 6.20 Å². The molecule has 5 nitrogen and oxygen atoms in total. The number of nitrogens with two attached hydrogens (primary N) is 1. The summed E-state index contributed by atoms with van der Waals surface area (Å²) in [6.07, 6.45) is 7.36. The van der Waals surface area contributed by atoms with E-state index >= 15 is 0 Å². The highest BCUT2D eigenvalue weighted by Crippen LogP contribution is 2.22. The number of fused-ring (bicyclic) bond motifs is 1. The van der Waals surface area contributed by atoms with Crippen LogP contribution in [0, 0.1) is 0 Å². The minimum Gasteiger partial charge on any atom is -0.382 e. The molecule has 0 amide bonds. The number of anilines is 3. The highest BCUT2D eigenvalue weighted by molar-refractivity contribution is 7.98. The maximum Gasteiger partial charge on any atom is 0.180 e. The molecule has 0 aliphatic rings. The van der Waals surface area contributed by atoms with Crippen LogP contribution in [-0.2, 0) is 0 Å². The zero-order valence-corrected chi connectivity index (χ0v) is 11.2. The van der Waals surface area contributed by atoms with E-state index < -0.39 is 0 Å². The number of hydrogen-bond acceptors (Lipinski definition) is 5. The van der Waals surface area contributed by atoms with Crippen LogP contribution in [0.1, 0.15) is 0 Å². The van der Waals surface area contributed by atoms with Crippen molar-refractivity contribution in [2.75, 3.05) is 17.3 Å². The summed E-state index contributed by atoms with van der Waals surface area (Å²) in [5.41, 5.74) is 7.49. The Hall–Kier alpha value is -2.21. The van der Waals surface area contributed by atoms with E-state index in [4.69, 9.17) is 5.73 Å². The minimum atomic E-state index is 0.453. The van der Waals surface area contributed by atoms with Crippen molar-refractivity contribution in [2.24, 2.45) is 0 Å². The van der Waals surface area contributed by atoms with Crippen molar-refractivity contribution in [3.63, 3.8) is 0 Å². The number of nitrogens with one attached hydrogen (secondary N) is 1. The number of thioether (sulfide) groups is 1. The van der Waals surface area contributed by atoms with Crippen molar-refractivity contribution in [2.45, 2.75) is 4.90 Å². The van der Waals surface area contributed by atoms with E-state index in [1.54, 1.807) is 24.2 Å². The van der Waals surface area contributed by atoms with Gasteiger partial charge in [0.15, 0.2) is 11.5 Å². The van der Waals surface area contributed by atoms with Gasteiger partial charge < -0.3 is 15.5 Å². The van der Waals surface area contributed by atoms with Gasteiger partial charge in [-0.1, -0.05) is 0 Å².